The zero-order valence-electron chi connectivity index (χ0n) is 24.7. The number of rotatable bonds is 14. The summed E-state index contributed by atoms with van der Waals surface area (Å²) in [5.41, 5.74) is 0.803. The van der Waals surface area contributed by atoms with Gasteiger partial charge in [-0.05, 0) is 30.0 Å². The molecule has 0 aromatic heterocycles. The van der Waals surface area contributed by atoms with Crippen molar-refractivity contribution in [2.75, 3.05) is 51.9 Å². The molecule has 2 aliphatic heterocycles. The normalized spacial score (nSPS) is 18.0. The van der Waals surface area contributed by atoms with Gasteiger partial charge in [0.2, 0.25) is 32.7 Å². The number of nitrogens with zero attached hydrogens (tertiary/aromatic N) is 2. The second kappa shape index (κ2) is 14.4. The van der Waals surface area contributed by atoms with Crippen molar-refractivity contribution < 1.29 is 40.9 Å². The highest BCUT2D eigenvalue weighted by molar-refractivity contribution is 7.89. The van der Waals surface area contributed by atoms with Gasteiger partial charge in [-0.1, -0.05) is 51.1 Å². The molecule has 0 bridgehead atoms. The first-order chi connectivity index (χ1) is 20.4. The molecule has 238 valence electrons. The maximum atomic E-state index is 14.1. The van der Waals surface area contributed by atoms with Crippen molar-refractivity contribution in [1.82, 2.24) is 13.9 Å². The first kappa shape index (κ1) is 33.1. The van der Waals surface area contributed by atoms with Gasteiger partial charge in [-0.15, -0.1) is 0 Å². The Morgan fingerprint density at radius 2 is 1.67 bits per heavy atom. The number of benzene rings is 2. The van der Waals surface area contributed by atoms with E-state index in [0.29, 0.717) is 24.7 Å². The standard InChI is InChI=1S/C29H41N3O9S2/c1-21(2)18-32(43(37,38)24-9-10-27-28(16-24)41-20-40-27)25(15-23-7-5-4-6-8-23)26(33)17-30-29(34)22(3)19-42(35,36)31-11-13-39-14-12-31/h4-10,16,21-22,25-26,33H,11-15,17-20H2,1-3H3,(H,30,34)/t22-,25?,26+/m0/s1. The van der Waals surface area contributed by atoms with Crippen LogP contribution in [0.5, 0.6) is 11.5 Å². The van der Waals surface area contributed by atoms with E-state index in [-0.39, 0.29) is 56.0 Å². The van der Waals surface area contributed by atoms with Gasteiger partial charge in [0.25, 0.3) is 0 Å². The van der Waals surface area contributed by atoms with Crippen LogP contribution in [0.3, 0.4) is 0 Å². The monoisotopic (exact) mass is 639 g/mol. The van der Waals surface area contributed by atoms with Crippen molar-refractivity contribution in [1.29, 1.82) is 0 Å². The molecule has 1 saturated heterocycles. The second-order valence-corrected chi connectivity index (χ2v) is 15.1. The Balaban J connectivity index is 1.54. The molecule has 2 N–H and O–H groups in total. The smallest absolute Gasteiger partial charge is 0.243 e. The molecule has 14 heteroatoms. The minimum atomic E-state index is -4.14. The summed E-state index contributed by atoms with van der Waals surface area (Å²) in [6.45, 7) is 6.18. The number of aliphatic hydroxyl groups is 1. The molecule has 43 heavy (non-hydrogen) atoms. The maximum absolute atomic E-state index is 14.1. The summed E-state index contributed by atoms with van der Waals surface area (Å²) in [5.74, 6) is -1.16. The molecule has 12 nitrogen and oxygen atoms in total. The molecule has 1 fully saturated rings. The number of morpholine rings is 1. The molecule has 2 aromatic carbocycles. The number of ether oxygens (including phenoxy) is 3. The topological polar surface area (TPSA) is 152 Å². The Kier molecular flexibility index (Phi) is 11.1. The van der Waals surface area contributed by atoms with Crippen LogP contribution < -0.4 is 14.8 Å². The fourth-order valence-corrected chi connectivity index (χ4v) is 8.60. The van der Waals surface area contributed by atoms with E-state index in [2.05, 4.69) is 5.32 Å². The van der Waals surface area contributed by atoms with Crippen molar-refractivity contribution in [3.05, 3.63) is 54.1 Å². The zero-order valence-corrected chi connectivity index (χ0v) is 26.3. The first-order valence-electron chi connectivity index (χ1n) is 14.3. The minimum Gasteiger partial charge on any atom is -0.454 e. The summed E-state index contributed by atoms with van der Waals surface area (Å²) in [6.07, 6.45) is -1.13. The van der Waals surface area contributed by atoms with Crippen LogP contribution >= 0.6 is 0 Å². The summed E-state index contributed by atoms with van der Waals surface area (Å²) >= 11 is 0. The van der Waals surface area contributed by atoms with Crippen LogP contribution in [0.4, 0.5) is 0 Å². The number of amides is 1. The lowest BCUT2D eigenvalue weighted by Gasteiger charge is -2.35. The van der Waals surface area contributed by atoms with Gasteiger partial charge in [0.15, 0.2) is 11.5 Å². The number of carbonyl (C=O) groups is 1. The fourth-order valence-electron chi connectivity index (χ4n) is 5.07. The summed E-state index contributed by atoms with van der Waals surface area (Å²) in [7, 11) is -7.82. The van der Waals surface area contributed by atoms with Crippen LogP contribution in [-0.4, -0.2) is 101 Å². The van der Waals surface area contributed by atoms with Gasteiger partial charge in [-0.2, -0.15) is 8.61 Å². The number of hydrogen-bond acceptors (Lipinski definition) is 9. The number of sulfonamides is 2. The third kappa shape index (κ3) is 8.46. The number of aliphatic hydroxyl groups excluding tert-OH is 1. The third-order valence-corrected chi connectivity index (χ3v) is 11.3. The van der Waals surface area contributed by atoms with Crippen LogP contribution in [0.15, 0.2) is 53.4 Å². The Hall–Kier alpha value is -2.75. The van der Waals surface area contributed by atoms with Gasteiger partial charge >= 0.3 is 0 Å². The van der Waals surface area contributed by atoms with Crippen molar-refractivity contribution in [2.24, 2.45) is 11.8 Å². The maximum Gasteiger partial charge on any atom is 0.243 e. The predicted octanol–water partition coefficient (Wildman–Crippen LogP) is 1.45. The lowest BCUT2D eigenvalue weighted by atomic mass is 10.00. The van der Waals surface area contributed by atoms with E-state index in [1.165, 1.54) is 33.7 Å². The summed E-state index contributed by atoms with van der Waals surface area (Å²) in [6, 6.07) is 12.6. The van der Waals surface area contributed by atoms with E-state index in [4.69, 9.17) is 14.2 Å². The molecule has 2 heterocycles. The van der Waals surface area contributed by atoms with Crippen LogP contribution in [0.1, 0.15) is 26.3 Å². The van der Waals surface area contributed by atoms with Crippen molar-refractivity contribution >= 4 is 26.0 Å². The molecular weight excluding hydrogens is 598 g/mol. The summed E-state index contributed by atoms with van der Waals surface area (Å²) in [4.78, 5) is 13.0. The molecule has 0 radical (unpaired) electrons. The van der Waals surface area contributed by atoms with Crippen molar-refractivity contribution in [3.63, 3.8) is 0 Å². The third-order valence-electron chi connectivity index (χ3n) is 7.35. The van der Waals surface area contributed by atoms with Crippen LogP contribution in [0, 0.1) is 11.8 Å². The van der Waals surface area contributed by atoms with Gasteiger partial charge in [0, 0.05) is 32.2 Å². The van der Waals surface area contributed by atoms with E-state index < -0.39 is 44.0 Å². The zero-order chi connectivity index (χ0) is 31.2. The number of hydrogen-bond donors (Lipinski definition) is 2. The Morgan fingerprint density at radius 1 is 1.00 bits per heavy atom. The van der Waals surface area contributed by atoms with Gasteiger partial charge < -0.3 is 24.6 Å². The quantitative estimate of drug-likeness (QED) is 0.313. The minimum absolute atomic E-state index is 0.00421. The molecule has 0 saturated carbocycles. The highest BCUT2D eigenvalue weighted by Gasteiger charge is 2.37. The van der Waals surface area contributed by atoms with Crippen molar-refractivity contribution in [3.8, 4) is 11.5 Å². The van der Waals surface area contributed by atoms with E-state index in [1.807, 2.05) is 44.2 Å². The fraction of sp³-hybridized carbons (Fsp3) is 0.552. The lowest BCUT2D eigenvalue weighted by molar-refractivity contribution is -0.124. The Labute approximate surface area is 254 Å². The summed E-state index contributed by atoms with van der Waals surface area (Å²) < 4.78 is 72.4. The molecule has 0 spiro atoms. The van der Waals surface area contributed by atoms with Gasteiger partial charge in [-0.25, -0.2) is 16.8 Å². The van der Waals surface area contributed by atoms with E-state index in [0.717, 1.165) is 5.56 Å². The molecule has 4 rings (SSSR count). The van der Waals surface area contributed by atoms with Gasteiger partial charge in [-0.3, -0.25) is 4.79 Å². The average molecular weight is 640 g/mol. The SMILES string of the molecule is CC(C)CN(C(Cc1ccccc1)[C@H](O)CNC(=O)[C@@H](C)CS(=O)(=O)N1CCOCC1)S(=O)(=O)c1ccc2c(c1)OCO2. The Bertz CT molecular complexity index is 1450. The number of nitrogens with one attached hydrogen (secondary N) is 1. The molecule has 2 aromatic rings. The van der Waals surface area contributed by atoms with Crippen LogP contribution in [0.25, 0.3) is 0 Å². The van der Waals surface area contributed by atoms with Crippen LogP contribution in [-0.2, 0) is 36.0 Å². The average Bonchev–Trinajstić information content (AvgIpc) is 3.46. The molecule has 0 aliphatic carbocycles. The molecule has 1 unspecified atom stereocenters. The lowest BCUT2D eigenvalue weighted by Crippen LogP contribution is -2.53. The summed E-state index contributed by atoms with van der Waals surface area (Å²) in [5, 5.41) is 14.1. The molecule has 3 atom stereocenters. The highest BCUT2D eigenvalue weighted by atomic mass is 32.2. The first-order valence-corrected chi connectivity index (χ1v) is 17.4. The Morgan fingerprint density at radius 3 is 2.35 bits per heavy atom. The molecule has 2 aliphatic rings. The van der Waals surface area contributed by atoms with E-state index >= 15 is 0 Å². The van der Waals surface area contributed by atoms with Gasteiger partial charge in [0.1, 0.15) is 0 Å². The van der Waals surface area contributed by atoms with Crippen molar-refractivity contribution in [2.45, 2.75) is 44.2 Å². The number of carbonyl (C=O) groups excluding carboxylic acids is 1. The molecule has 1 amide bonds. The van der Waals surface area contributed by atoms with E-state index in [1.54, 1.807) is 0 Å². The highest BCUT2D eigenvalue weighted by Crippen LogP contribution is 2.35. The van der Waals surface area contributed by atoms with Gasteiger partial charge in [0.05, 0.1) is 41.9 Å². The second-order valence-electron chi connectivity index (χ2n) is 11.2. The van der Waals surface area contributed by atoms with E-state index in [9.17, 15) is 26.7 Å². The largest absolute Gasteiger partial charge is 0.454 e. The predicted molar refractivity (Wildman–Crippen MR) is 160 cm³/mol. The number of fused-ring (bicyclic) bond motifs is 1. The molecular formula is C29H41N3O9S2. The van der Waals surface area contributed by atoms with Crippen LogP contribution in [0.2, 0.25) is 0 Å².